The third-order valence-electron chi connectivity index (χ3n) is 3.84. The summed E-state index contributed by atoms with van der Waals surface area (Å²) in [4.78, 5) is 18.3. The maximum absolute atomic E-state index is 12.3. The third kappa shape index (κ3) is 3.28. The number of rotatable bonds is 5. The summed E-state index contributed by atoms with van der Waals surface area (Å²) in [5.41, 5.74) is 1.52. The zero-order valence-corrected chi connectivity index (χ0v) is 12.6. The van der Waals surface area contributed by atoms with Crippen molar-refractivity contribution in [3.8, 4) is 0 Å². The van der Waals surface area contributed by atoms with Gasteiger partial charge in [0.2, 0.25) is 0 Å². The van der Waals surface area contributed by atoms with E-state index in [9.17, 15) is 4.79 Å². The van der Waals surface area contributed by atoms with Crippen LogP contribution >= 0.6 is 0 Å². The highest BCUT2D eigenvalue weighted by Gasteiger charge is 2.28. The summed E-state index contributed by atoms with van der Waals surface area (Å²) in [6.45, 7) is 9.53. The van der Waals surface area contributed by atoms with Gasteiger partial charge in [-0.25, -0.2) is 0 Å². The Bertz CT molecular complexity index is 465. The van der Waals surface area contributed by atoms with Gasteiger partial charge in [-0.3, -0.25) is 9.78 Å². The van der Waals surface area contributed by atoms with Crippen molar-refractivity contribution >= 4 is 11.6 Å². The molecule has 0 radical (unpaired) electrons. The molecular formula is C15H24N4O. The number of carbonyl (C=O) groups is 1. The van der Waals surface area contributed by atoms with Crippen molar-refractivity contribution in [2.24, 2.45) is 0 Å². The summed E-state index contributed by atoms with van der Waals surface area (Å²) in [6.07, 6.45) is 2.78. The first-order valence-electron chi connectivity index (χ1n) is 7.32. The van der Waals surface area contributed by atoms with Gasteiger partial charge in [-0.15, -0.1) is 0 Å². The van der Waals surface area contributed by atoms with Crippen molar-refractivity contribution < 1.29 is 4.79 Å². The largest absolute Gasteiger partial charge is 0.378 e. The molecule has 20 heavy (non-hydrogen) atoms. The first-order chi connectivity index (χ1) is 9.58. The van der Waals surface area contributed by atoms with Gasteiger partial charge in [0, 0.05) is 37.1 Å². The van der Waals surface area contributed by atoms with E-state index in [2.05, 4.69) is 22.5 Å². The van der Waals surface area contributed by atoms with Gasteiger partial charge in [0.15, 0.2) is 0 Å². The molecule has 1 fully saturated rings. The van der Waals surface area contributed by atoms with Crippen LogP contribution in [-0.2, 0) is 0 Å². The highest BCUT2D eigenvalue weighted by Crippen LogP contribution is 2.21. The van der Waals surface area contributed by atoms with Gasteiger partial charge in [0.1, 0.15) is 5.69 Å². The molecule has 1 aliphatic rings. The van der Waals surface area contributed by atoms with Crippen LogP contribution < -0.4 is 10.6 Å². The molecule has 5 heteroatoms. The van der Waals surface area contributed by atoms with Crippen molar-refractivity contribution in [2.75, 3.05) is 31.5 Å². The van der Waals surface area contributed by atoms with Crippen molar-refractivity contribution in [2.45, 2.75) is 32.7 Å². The molecular weight excluding hydrogens is 252 g/mol. The van der Waals surface area contributed by atoms with Gasteiger partial charge in [-0.05, 0) is 45.9 Å². The minimum atomic E-state index is -0.00616. The number of pyridine rings is 1. The molecule has 1 unspecified atom stereocenters. The fourth-order valence-electron chi connectivity index (χ4n) is 2.57. The summed E-state index contributed by atoms with van der Waals surface area (Å²) in [7, 11) is 0. The lowest BCUT2D eigenvalue weighted by molar-refractivity contribution is 0.0767. The van der Waals surface area contributed by atoms with Crippen LogP contribution in [0.3, 0.4) is 0 Å². The van der Waals surface area contributed by atoms with E-state index in [1.165, 1.54) is 0 Å². The quantitative estimate of drug-likeness (QED) is 0.860. The molecule has 5 nitrogen and oxygen atoms in total. The van der Waals surface area contributed by atoms with Crippen LogP contribution in [0, 0.1) is 0 Å². The monoisotopic (exact) mass is 276 g/mol. The normalized spacial score (nSPS) is 21.8. The number of amides is 1. The molecule has 2 heterocycles. The summed E-state index contributed by atoms with van der Waals surface area (Å²) in [6, 6.07) is 3.77. The van der Waals surface area contributed by atoms with Crippen LogP contribution in [0.4, 0.5) is 5.69 Å². The molecule has 0 bridgehead atoms. The number of nitrogens with zero attached hydrogens (tertiary/aromatic N) is 2. The fourth-order valence-corrected chi connectivity index (χ4v) is 2.57. The molecule has 0 spiro atoms. The molecule has 110 valence electrons. The second-order valence-electron chi connectivity index (χ2n) is 5.52. The number of anilines is 1. The molecule has 2 N–H and O–H groups in total. The Kier molecular flexibility index (Phi) is 4.60. The van der Waals surface area contributed by atoms with Gasteiger partial charge in [-0.2, -0.15) is 0 Å². The average Bonchev–Trinajstić information content (AvgIpc) is 2.86. The summed E-state index contributed by atoms with van der Waals surface area (Å²) >= 11 is 0. The predicted molar refractivity (Wildman–Crippen MR) is 81.0 cm³/mol. The molecule has 0 saturated carbocycles. The zero-order valence-electron chi connectivity index (χ0n) is 12.6. The molecule has 1 saturated heterocycles. The SMILES string of the molecule is CCN(CC)C(=O)c1cc(NC2(C)CCNC2)ccn1. The Morgan fingerprint density at radius 1 is 1.50 bits per heavy atom. The van der Waals surface area contributed by atoms with Gasteiger partial charge in [0.25, 0.3) is 5.91 Å². The molecule has 1 atom stereocenters. The number of hydrogen-bond donors (Lipinski definition) is 2. The molecule has 1 aromatic heterocycles. The van der Waals surface area contributed by atoms with Crippen LogP contribution in [-0.4, -0.2) is 47.5 Å². The van der Waals surface area contributed by atoms with Crippen molar-refractivity contribution in [3.05, 3.63) is 24.0 Å². The van der Waals surface area contributed by atoms with Crippen LogP contribution in [0.15, 0.2) is 18.3 Å². The van der Waals surface area contributed by atoms with Crippen LogP contribution in [0.5, 0.6) is 0 Å². The molecule has 1 amide bonds. The fraction of sp³-hybridized carbons (Fsp3) is 0.600. The Balaban J connectivity index is 2.13. The van der Waals surface area contributed by atoms with Crippen molar-refractivity contribution in [1.29, 1.82) is 0 Å². The molecule has 0 aromatic carbocycles. The lowest BCUT2D eigenvalue weighted by Gasteiger charge is -2.26. The van der Waals surface area contributed by atoms with E-state index in [4.69, 9.17) is 0 Å². The van der Waals surface area contributed by atoms with E-state index in [1.54, 1.807) is 11.1 Å². The van der Waals surface area contributed by atoms with Crippen molar-refractivity contribution in [3.63, 3.8) is 0 Å². The lowest BCUT2D eigenvalue weighted by atomic mass is 10.0. The number of nitrogens with one attached hydrogen (secondary N) is 2. The van der Waals surface area contributed by atoms with E-state index in [0.717, 1.165) is 25.2 Å². The Labute approximate surface area is 120 Å². The number of aromatic nitrogens is 1. The maximum atomic E-state index is 12.3. The van der Waals surface area contributed by atoms with Gasteiger partial charge in [0.05, 0.1) is 0 Å². The molecule has 1 aliphatic heterocycles. The first kappa shape index (κ1) is 14.8. The smallest absolute Gasteiger partial charge is 0.272 e. The average molecular weight is 276 g/mol. The second-order valence-corrected chi connectivity index (χ2v) is 5.52. The van der Waals surface area contributed by atoms with Crippen LogP contribution in [0.2, 0.25) is 0 Å². The van der Waals surface area contributed by atoms with Gasteiger partial charge in [-0.1, -0.05) is 0 Å². The van der Waals surface area contributed by atoms with Crippen molar-refractivity contribution in [1.82, 2.24) is 15.2 Å². The Morgan fingerprint density at radius 2 is 2.25 bits per heavy atom. The van der Waals surface area contributed by atoms with E-state index >= 15 is 0 Å². The Morgan fingerprint density at radius 3 is 2.85 bits per heavy atom. The highest BCUT2D eigenvalue weighted by atomic mass is 16.2. The molecule has 0 aliphatic carbocycles. The number of carbonyl (C=O) groups excluding carboxylic acids is 1. The minimum absolute atomic E-state index is 0.00616. The topological polar surface area (TPSA) is 57.3 Å². The third-order valence-corrected chi connectivity index (χ3v) is 3.84. The van der Waals surface area contributed by atoms with Crippen LogP contribution in [0.25, 0.3) is 0 Å². The lowest BCUT2D eigenvalue weighted by Crippen LogP contribution is -2.37. The summed E-state index contributed by atoms with van der Waals surface area (Å²) in [5, 5.41) is 6.87. The minimum Gasteiger partial charge on any atom is -0.378 e. The summed E-state index contributed by atoms with van der Waals surface area (Å²) < 4.78 is 0. The molecule has 1 aromatic rings. The first-order valence-corrected chi connectivity index (χ1v) is 7.32. The van der Waals surface area contributed by atoms with E-state index in [-0.39, 0.29) is 11.4 Å². The van der Waals surface area contributed by atoms with E-state index in [0.29, 0.717) is 18.8 Å². The van der Waals surface area contributed by atoms with Crippen LogP contribution in [0.1, 0.15) is 37.7 Å². The zero-order chi connectivity index (χ0) is 14.6. The standard InChI is InChI=1S/C15H24N4O/c1-4-19(5-2)14(20)13-10-12(6-8-17-13)18-15(3)7-9-16-11-15/h6,8,10,16H,4-5,7,9,11H2,1-3H3,(H,17,18). The summed E-state index contributed by atoms with van der Waals surface area (Å²) in [5.74, 6) is -0.00616. The second kappa shape index (κ2) is 6.22. The van der Waals surface area contributed by atoms with Gasteiger partial charge < -0.3 is 15.5 Å². The molecule has 2 rings (SSSR count). The van der Waals surface area contributed by atoms with E-state index < -0.39 is 0 Å². The predicted octanol–water partition coefficient (Wildman–Crippen LogP) is 1.73. The number of hydrogen-bond acceptors (Lipinski definition) is 4. The Hall–Kier alpha value is -1.62. The highest BCUT2D eigenvalue weighted by molar-refractivity contribution is 5.93. The maximum Gasteiger partial charge on any atom is 0.272 e. The van der Waals surface area contributed by atoms with E-state index in [1.807, 2.05) is 26.0 Å². The van der Waals surface area contributed by atoms with Gasteiger partial charge >= 0.3 is 0 Å².